The van der Waals surface area contributed by atoms with Crippen molar-refractivity contribution < 1.29 is 9.90 Å². The van der Waals surface area contributed by atoms with Gasteiger partial charge in [-0.25, -0.2) is 0 Å². The van der Waals surface area contributed by atoms with E-state index in [-0.39, 0.29) is 17.7 Å². The molecule has 0 spiro atoms. The van der Waals surface area contributed by atoms with E-state index in [0.717, 1.165) is 0 Å². The first-order chi connectivity index (χ1) is 7.04. The number of hydrogen-bond donors (Lipinski definition) is 3. The van der Waals surface area contributed by atoms with Crippen LogP contribution in [0.5, 0.6) is 5.75 Å². The summed E-state index contributed by atoms with van der Waals surface area (Å²) in [5.41, 5.74) is 5.79. The van der Waals surface area contributed by atoms with Crippen LogP contribution in [-0.4, -0.2) is 23.6 Å². The molecule has 1 atom stereocenters. The number of aromatic hydroxyl groups is 1. The zero-order chi connectivity index (χ0) is 11.4. The van der Waals surface area contributed by atoms with E-state index in [1.54, 1.807) is 12.1 Å². The van der Waals surface area contributed by atoms with E-state index >= 15 is 0 Å². The molecule has 1 amide bonds. The molecular weight excluding hydrogens is 260 g/mol. The molecule has 0 unspecified atom stereocenters. The summed E-state index contributed by atoms with van der Waals surface area (Å²) in [6, 6.07) is 4.57. The van der Waals surface area contributed by atoms with Crippen molar-refractivity contribution in [2.24, 2.45) is 5.73 Å². The molecule has 0 aromatic heterocycles. The molecule has 0 aliphatic heterocycles. The van der Waals surface area contributed by atoms with E-state index in [2.05, 4.69) is 21.2 Å². The molecule has 15 heavy (non-hydrogen) atoms. The molecule has 82 valence electrons. The van der Waals surface area contributed by atoms with Gasteiger partial charge in [0.15, 0.2) is 0 Å². The summed E-state index contributed by atoms with van der Waals surface area (Å²) in [6.07, 6.45) is 0. The fraction of sp³-hybridized carbons (Fsp3) is 0.300. The van der Waals surface area contributed by atoms with Crippen molar-refractivity contribution in [3.8, 4) is 5.75 Å². The summed E-state index contributed by atoms with van der Waals surface area (Å²) in [5.74, 6) is -0.196. The number of phenolic OH excluding ortho intramolecular Hbond substituents is 1. The number of amides is 1. The quantitative estimate of drug-likeness (QED) is 0.775. The molecule has 1 rings (SSSR count). The fourth-order valence-electron chi connectivity index (χ4n) is 1.02. The highest BCUT2D eigenvalue weighted by Crippen LogP contribution is 2.24. The van der Waals surface area contributed by atoms with Crippen molar-refractivity contribution in [3.05, 3.63) is 28.2 Å². The van der Waals surface area contributed by atoms with Gasteiger partial charge in [0, 0.05) is 18.2 Å². The predicted octanol–water partition coefficient (Wildman–Crippen LogP) is 1.23. The number of nitrogens with two attached hydrogens (primary N) is 1. The average molecular weight is 273 g/mol. The smallest absolute Gasteiger partial charge is 0.251 e. The van der Waals surface area contributed by atoms with Gasteiger partial charge < -0.3 is 16.2 Å². The van der Waals surface area contributed by atoms with Gasteiger partial charge in [0.1, 0.15) is 5.75 Å². The zero-order valence-corrected chi connectivity index (χ0v) is 9.91. The lowest BCUT2D eigenvalue weighted by atomic mass is 10.2. The van der Waals surface area contributed by atoms with E-state index < -0.39 is 0 Å². The molecule has 0 fully saturated rings. The number of phenols is 1. The topological polar surface area (TPSA) is 75.3 Å². The molecule has 1 aromatic carbocycles. The van der Waals surface area contributed by atoms with Crippen LogP contribution < -0.4 is 11.1 Å². The van der Waals surface area contributed by atoms with Crippen molar-refractivity contribution in [2.75, 3.05) is 6.54 Å². The fourth-order valence-corrected chi connectivity index (χ4v) is 1.27. The standard InChI is InChI=1S/C10H13BrN2O2/c1-6(5-12)13-10(15)7-2-3-8(11)9(14)4-7/h2-4,6,14H,5,12H2,1H3,(H,13,15)/t6-/m1/s1. The van der Waals surface area contributed by atoms with Gasteiger partial charge in [-0.3, -0.25) is 4.79 Å². The second-order valence-electron chi connectivity index (χ2n) is 3.28. The van der Waals surface area contributed by atoms with Gasteiger partial charge in [-0.2, -0.15) is 0 Å². The first-order valence-electron chi connectivity index (χ1n) is 4.54. The first kappa shape index (κ1) is 12.0. The monoisotopic (exact) mass is 272 g/mol. The van der Waals surface area contributed by atoms with Crippen LogP contribution >= 0.6 is 15.9 Å². The second-order valence-corrected chi connectivity index (χ2v) is 4.13. The molecule has 0 bridgehead atoms. The Morgan fingerprint density at radius 1 is 1.67 bits per heavy atom. The van der Waals surface area contributed by atoms with Crippen LogP contribution in [0.4, 0.5) is 0 Å². The van der Waals surface area contributed by atoms with Gasteiger partial charge in [0.2, 0.25) is 0 Å². The summed E-state index contributed by atoms with van der Waals surface area (Å²) in [5, 5.41) is 12.1. The van der Waals surface area contributed by atoms with Crippen LogP contribution in [0.25, 0.3) is 0 Å². The number of halogens is 1. The third kappa shape index (κ3) is 3.21. The van der Waals surface area contributed by atoms with Crippen LogP contribution in [0, 0.1) is 0 Å². The van der Waals surface area contributed by atoms with Crippen molar-refractivity contribution in [1.82, 2.24) is 5.32 Å². The minimum atomic E-state index is -0.240. The number of rotatable bonds is 3. The predicted molar refractivity (Wildman–Crippen MR) is 61.8 cm³/mol. The van der Waals surface area contributed by atoms with Crippen molar-refractivity contribution >= 4 is 21.8 Å². The van der Waals surface area contributed by atoms with Crippen LogP contribution in [0.15, 0.2) is 22.7 Å². The van der Waals surface area contributed by atoms with Crippen LogP contribution in [-0.2, 0) is 0 Å². The lowest BCUT2D eigenvalue weighted by Crippen LogP contribution is -2.37. The third-order valence-electron chi connectivity index (χ3n) is 1.94. The Morgan fingerprint density at radius 2 is 2.33 bits per heavy atom. The van der Waals surface area contributed by atoms with Gasteiger partial charge in [0.25, 0.3) is 5.91 Å². The maximum absolute atomic E-state index is 11.6. The minimum absolute atomic E-state index is 0.0445. The SMILES string of the molecule is C[C@H](CN)NC(=O)c1ccc(Br)c(O)c1. The largest absolute Gasteiger partial charge is 0.507 e. The normalized spacial score (nSPS) is 12.2. The molecule has 4 N–H and O–H groups in total. The van der Waals surface area contributed by atoms with Gasteiger partial charge in [0.05, 0.1) is 4.47 Å². The molecule has 5 heteroatoms. The van der Waals surface area contributed by atoms with E-state index in [1.807, 2.05) is 6.92 Å². The molecule has 0 aliphatic carbocycles. The minimum Gasteiger partial charge on any atom is -0.507 e. The number of carbonyl (C=O) groups is 1. The first-order valence-corrected chi connectivity index (χ1v) is 5.33. The van der Waals surface area contributed by atoms with Gasteiger partial charge in [-0.05, 0) is 41.1 Å². The van der Waals surface area contributed by atoms with Gasteiger partial charge in [-0.15, -0.1) is 0 Å². The summed E-state index contributed by atoms with van der Waals surface area (Å²) in [6.45, 7) is 2.20. The zero-order valence-electron chi connectivity index (χ0n) is 8.33. The lowest BCUT2D eigenvalue weighted by Gasteiger charge is -2.11. The van der Waals surface area contributed by atoms with Crippen LogP contribution in [0.1, 0.15) is 17.3 Å². The average Bonchev–Trinajstić information content (AvgIpc) is 2.21. The van der Waals surface area contributed by atoms with E-state index in [9.17, 15) is 9.90 Å². The Morgan fingerprint density at radius 3 is 2.87 bits per heavy atom. The maximum Gasteiger partial charge on any atom is 0.251 e. The van der Waals surface area contributed by atoms with Crippen molar-refractivity contribution in [3.63, 3.8) is 0 Å². The van der Waals surface area contributed by atoms with Crippen LogP contribution in [0.3, 0.4) is 0 Å². The van der Waals surface area contributed by atoms with Crippen molar-refractivity contribution in [1.29, 1.82) is 0 Å². The second kappa shape index (κ2) is 5.14. The third-order valence-corrected chi connectivity index (χ3v) is 2.61. The highest BCUT2D eigenvalue weighted by molar-refractivity contribution is 9.10. The number of benzene rings is 1. The van der Waals surface area contributed by atoms with Crippen LogP contribution in [0.2, 0.25) is 0 Å². The Bertz CT molecular complexity index is 368. The summed E-state index contributed by atoms with van der Waals surface area (Å²) >= 11 is 3.14. The molecule has 0 aliphatic rings. The lowest BCUT2D eigenvalue weighted by molar-refractivity contribution is 0.0941. The van der Waals surface area contributed by atoms with Crippen molar-refractivity contribution in [2.45, 2.75) is 13.0 Å². The Hall–Kier alpha value is -1.07. The summed E-state index contributed by atoms with van der Waals surface area (Å²) in [7, 11) is 0. The Kier molecular flexibility index (Phi) is 4.11. The summed E-state index contributed by atoms with van der Waals surface area (Å²) in [4.78, 5) is 11.6. The molecule has 0 heterocycles. The van der Waals surface area contributed by atoms with Gasteiger partial charge in [-0.1, -0.05) is 0 Å². The maximum atomic E-state index is 11.6. The molecule has 4 nitrogen and oxygen atoms in total. The molecular formula is C10H13BrN2O2. The number of carbonyl (C=O) groups excluding carboxylic acids is 1. The molecule has 1 aromatic rings. The Labute approximate surface area is 96.6 Å². The molecule has 0 saturated heterocycles. The highest BCUT2D eigenvalue weighted by atomic mass is 79.9. The summed E-state index contributed by atoms with van der Waals surface area (Å²) < 4.78 is 0.561. The number of hydrogen-bond acceptors (Lipinski definition) is 3. The van der Waals surface area contributed by atoms with E-state index in [0.29, 0.717) is 16.6 Å². The molecule has 0 radical (unpaired) electrons. The van der Waals surface area contributed by atoms with Gasteiger partial charge >= 0.3 is 0 Å². The van der Waals surface area contributed by atoms with E-state index in [4.69, 9.17) is 5.73 Å². The Balaban J connectivity index is 2.78. The molecule has 0 saturated carbocycles. The van der Waals surface area contributed by atoms with E-state index in [1.165, 1.54) is 6.07 Å². The highest BCUT2D eigenvalue weighted by Gasteiger charge is 2.10. The number of nitrogens with one attached hydrogen (secondary N) is 1.